The molecule has 0 unspecified atom stereocenters. The maximum absolute atomic E-state index is 13.4. The Hall–Kier alpha value is -2.92. The van der Waals surface area contributed by atoms with Gasteiger partial charge in [-0.3, -0.25) is 9.59 Å². The molecule has 0 saturated heterocycles. The molecule has 2 aromatic carbocycles. The molecule has 0 spiro atoms. The number of aryl methyl sites for hydroxylation is 2. The van der Waals surface area contributed by atoms with E-state index in [1.165, 1.54) is 10.4 Å². The molecule has 3 rings (SSSR count). The smallest absolute Gasteiger partial charge is 0.254 e. The molecule has 3 aromatic rings. The van der Waals surface area contributed by atoms with Gasteiger partial charge in [0.25, 0.3) is 5.91 Å². The average molecular weight is 449 g/mol. The number of benzene rings is 2. The van der Waals surface area contributed by atoms with Crippen LogP contribution in [-0.4, -0.2) is 34.7 Å². The summed E-state index contributed by atoms with van der Waals surface area (Å²) >= 11 is 1.71. The Bertz CT molecular complexity index is 1010. The van der Waals surface area contributed by atoms with Crippen molar-refractivity contribution in [2.45, 2.75) is 46.7 Å². The molecule has 5 heteroatoms. The van der Waals surface area contributed by atoms with Crippen LogP contribution in [-0.2, 0) is 24.3 Å². The number of carbonyl (C=O) groups is 2. The van der Waals surface area contributed by atoms with Crippen LogP contribution in [0.15, 0.2) is 66.7 Å². The van der Waals surface area contributed by atoms with Crippen LogP contribution in [0, 0.1) is 6.92 Å². The molecule has 0 aliphatic rings. The Balaban J connectivity index is 1.77. The van der Waals surface area contributed by atoms with Crippen LogP contribution < -0.4 is 0 Å². The highest BCUT2D eigenvalue weighted by atomic mass is 32.1. The highest BCUT2D eigenvalue weighted by Gasteiger charge is 2.22. The number of thiophene rings is 1. The average Bonchev–Trinajstić information content (AvgIpc) is 3.23. The Labute approximate surface area is 195 Å². The SMILES string of the molecule is CCCN(CC(=O)N(Cc1ccccc1)Cc1ccc(C)s1)C(=O)c1ccc(CC)cc1. The zero-order chi connectivity index (χ0) is 22.9. The molecule has 0 radical (unpaired) electrons. The van der Waals surface area contributed by atoms with Gasteiger partial charge in [0.05, 0.1) is 6.54 Å². The van der Waals surface area contributed by atoms with Crippen molar-refractivity contribution < 1.29 is 9.59 Å². The topological polar surface area (TPSA) is 40.6 Å². The summed E-state index contributed by atoms with van der Waals surface area (Å²) in [5, 5.41) is 0. The van der Waals surface area contributed by atoms with Gasteiger partial charge in [-0.2, -0.15) is 0 Å². The van der Waals surface area contributed by atoms with Gasteiger partial charge in [0.1, 0.15) is 6.54 Å². The lowest BCUT2D eigenvalue weighted by Crippen LogP contribution is -2.42. The highest BCUT2D eigenvalue weighted by molar-refractivity contribution is 7.11. The molecule has 0 saturated carbocycles. The van der Waals surface area contributed by atoms with Crippen molar-refractivity contribution in [2.24, 2.45) is 0 Å². The minimum atomic E-state index is -0.0884. The Morgan fingerprint density at radius 3 is 2.12 bits per heavy atom. The van der Waals surface area contributed by atoms with Crippen LogP contribution in [0.4, 0.5) is 0 Å². The van der Waals surface area contributed by atoms with Crippen molar-refractivity contribution in [1.82, 2.24) is 9.80 Å². The molecule has 1 aromatic heterocycles. The zero-order valence-electron chi connectivity index (χ0n) is 19.2. The third kappa shape index (κ3) is 6.54. The second-order valence-electron chi connectivity index (χ2n) is 8.02. The van der Waals surface area contributed by atoms with E-state index in [1.807, 2.05) is 66.4 Å². The van der Waals surface area contributed by atoms with E-state index in [-0.39, 0.29) is 18.4 Å². The molecule has 4 nitrogen and oxygen atoms in total. The van der Waals surface area contributed by atoms with E-state index in [9.17, 15) is 9.59 Å². The largest absolute Gasteiger partial charge is 0.332 e. The first-order valence-corrected chi connectivity index (χ1v) is 12.1. The standard InChI is InChI=1S/C27H32N2O2S/c1-4-17-28(27(31)24-14-12-22(5-2)13-15-24)20-26(30)29(18-23-9-7-6-8-10-23)19-25-16-11-21(3)32-25/h6-16H,4-5,17-20H2,1-3H3. The summed E-state index contributed by atoms with van der Waals surface area (Å²) in [7, 11) is 0. The maximum atomic E-state index is 13.4. The van der Waals surface area contributed by atoms with Crippen molar-refractivity contribution in [2.75, 3.05) is 13.1 Å². The first-order chi connectivity index (χ1) is 15.5. The number of carbonyl (C=O) groups excluding carboxylic acids is 2. The molecule has 0 fully saturated rings. The molecule has 0 aliphatic heterocycles. The third-order valence-electron chi connectivity index (χ3n) is 5.43. The molecule has 32 heavy (non-hydrogen) atoms. The second-order valence-corrected chi connectivity index (χ2v) is 9.40. The summed E-state index contributed by atoms with van der Waals surface area (Å²) < 4.78 is 0. The first kappa shape index (κ1) is 23.7. The maximum Gasteiger partial charge on any atom is 0.254 e. The van der Waals surface area contributed by atoms with Crippen LogP contribution in [0.1, 0.15) is 51.5 Å². The monoisotopic (exact) mass is 448 g/mol. The fraction of sp³-hybridized carbons (Fsp3) is 0.333. The van der Waals surface area contributed by atoms with Crippen LogP contribution in [0.2, 0.25) is 0 Å². The van der Waals surface area contributed by atoms with Crippen LogP contribution in [0.3, 0.4) is 0 Å². The highest BCUT2D eigenvalue weighted by Crippen LogP contribution is 2.19. The summed E-state index contributed by atoms with van der Waals surface area (Å²) in [5.41, 5.74) is 2.91. The fourth-order valence-electron chi connectivity index (χ4n) is 3.65. The molecular formula is C27H32N2O2S. The lowest BCUT2D eigenvalue weighted by Gasteiger charge is -2.27. The number of hydrogen-bond donors (Lipinski definition) is 0. The lowest BCUT2D eigenvalue weighted by atomic mass is 10.1. The lowest BCUT2D eigenvalue weighted by molar-refractivity contribution is -0.133. The number of hydrogen-bond acceptors (Lipinski definition) is 3. The molecule has 1 heterocycles. The minimum absolute atomic E-state index is 0.0353. The normalized spacial score (nSPS) is 10.7. The molecule has 168 valence electrons. The van der Waals surface area contributed by atoms with Crippen LogP contribution >= 0.6 is 11.3 Å². The van der Waals surface area contributed by atoms with Gasteiger partial charge >= 0.3 is 0 Å². The third-order valence-corrected chi connectivity index (χ3v) is 6.41. The van der Waals surface area contributed by atoms with Gasteiger partial charge in [-0.05, 0) is 55.2 Å². The van der Waals surface area contributed by atoms with Crippen LogP contribution in [0.5, 0.6) is 0 Å². The van der Waals surface area contributed by atoms with Crippen molar-refractivity contribution >= 4 is 23.2 Å². The van der Waals surface area contributed by atoms with Gasteiger partial charge in [-0.15, -0.1) is 11.3 Å². The van der Waals surface area contributed by atoms with Gasteiger partial charge in [0.2, 0.25) is 5.91 Å². The molecule has 0 N–H and O–H groups in total. The Morgan fingerprint density at radius 2 is 1.53 bits per heavy atom. The molecule has 0 bridgehead atoms. The van der Waals surface area contributed by atoms with Gasteiger partial charge in [-0.1, -0.05) is 56.3 Å². The quantitative estimate of drug-likeness (QED) is 0.399. The predicted molar refractivity (Wildman–Crippen MR) is 132 cm³/mol. The first-order valence-electron chi connectivity index (χ1n) is 11.2. The van der Waals surface area contributed by atoms with Crippen LogP contribution in [0.25, 0.3) is 0 Å². The summed E-state index contributed by atoms with van der Waals surface area (Å²) in [4.78, 5) is 32.5. The zero-order valence-corrected chi connectivity index (χ0v) is 20.0. The minimum Gasteiger partial charge on any atom is -0.332 e. The molecule has 0 atom stereocenters. The van der Waals surface area contributed by atoms with E-state index >= 15 is 0 Å². The predicted octanol–water partition coefficient (Wildman–Crippen LogP) is 5.70. The fourth-order valence-corrected chi connectivity index (χ4v) is 4.55. The van der Waals surface area contributed by atoms with E-state index in [2.05, 4.69) is 26.0 Å². The van der Waals surface area contributed by atoms with Gasteiger partial charge < -0.3 is 9.80 Å². The van der Waals surface area contributed by atoms with Crippen molar-refractivity contribution in [3.05, 3.63) is 93.2 Å². The van der Waals surface area contributed by atoms with Gasteiger partial charge in [0.15, 0.2) is 0 Å². The van der Waals surface area contributed by atoms with E-state index in [1.54, 1.807) is 16.2 Å². The van der Waals surface area contributed by atoms with E-state index < -0.39 is 0 Å². The van der Waals surface area contributed by atoms with Crippen molar-refractivity contribution in [3.8, 4) is 0 Å². The Morgan fingerprint density at radius 1 is 0.812 bits per heavy atom. The summed E-state index contributed by atoms with van der Waals surface area (Å²) in [6, 6.07) is 21.9. The number of nitrogens with zero attached hydrogens (tertiary/aromatic N) is 2. The second kappa shape index (κ2) is 11.6. The van der Waals surface area contributed by atoms with Crippen molar-refractivity contribution in [3.63, 3.8) is 0 Å². The van der Waals surface area contributed by atoms with E-state index in [0.29, 0.717) is 25.2 Å². The number of amides is 2. The van der Waals surface area contributed by atoms with Crippen molar-refractivity contribution in [1.29, 1.82) is 0 Å². The summed E-state index contributed by atoms with van der Waals surface area (Å²) in [5.74, 6) is -0.124. The number of rotatable bonds is 10. The van der Waals surface area contributed by atoms with E-state index in [0.717, 1.165) is 23.3 Å². The molecular weight excluding hydrogens is 416 g/mol. The van der Waals surface area contributed by atoms with Gasteiger partial charge in [-0.25, -0.2) is 0 Å². The van der Waals surface area contributed by atoms with E-state index in [4.69, 9.17) is 0 Å². The summed E-state index contributed by atoms with van der Waals surface area (Å²) in [6.45, 7) is 7.90. The molecule has 0 aliphatic carbocycles. The van der Waals surface area contributed by atoms with Gasteiger partial charge in [0, 0.05) is 28.4 Å². The molecule has 2 amide bonds. The summed E-state index contributed by atoms with van der Waals surface area (Å²) in [6.07, 6.45) is 1.73. The Kier molecular flexibility index (Phi) is 8.63.